The third kappa shape index (κ3) is 5.61. The molecular formula is C14H28N2OS. The van der Waals surface area contributed by atoms with Crippen molar-refractivity contribution < 1.29 is 4.79 Å². The van der Waals surface area contributed by atoms with Gasteiger partial charge in [-0.3, -0.25) is 4.79 Å². The zero-order valence-corrected chi connectivity index (χ0v) is 12.8. The highest BCUT2D eigenvalue weighted by Crippen LogP contribution is 2.27. The molecule has 18 heavy (non-hydrogen) atoms. The Kier molecular flexibility index (Phi) is 7.75. The highest BCUT2D eigenvalue weighted by molar-refractivity contribution is 7.99. The molecule has 0 radical (unpaired) electrons. The second kappa shape index (κ2) is 8.81. The first kappa shape index (κ1) is 15.8. The van der Waals surface area contributed by atoms with Gasteiger partial charge in [-0.25, -0.2) is 0 Å². The van der Waals surface area contributed by atoms with Crippen molar-refractivity contribution in [3.05, 3.63) is 0 Å². The fourth-order valence-corrected chi connectivity index (χ4v) is 3.31. The van der Waals surface area contributed by atoms with Crippen LogP contribution in [-0.2, 0) is 4.79 Å². The summed E-state index contributed by atoms with van der Waals surface area (Å²) in [7, 11) is 0. The lowest BCUT2D eigenvalue weighted by atomic mass is 9.94. The van der Waals surface area contributed by atoms with Crippen LogP contribution < -0.4 is 10.6 Å². The molecule has 0 aromatic heterocycles. The van der Waals surface area contributed by atoms with Crippen LogP contribution in [0.2, 0.25) is 0 Å². The van der Waals surface area contributed by atoms with Gasteiger partial charge < -0.3 is 10.6 Å². The Bertz CT molecular complexity index is 248. The van der Waals surface area contributed by atoms with Crippen molar-refractivity contribution in [2.45, 2.75) is 69.7 Å². The minimum Gasteiger partial charge on any atom is -0.355 e. The van der Waals surface area contributed by atoms with Gasteiger partial charge in [0.1, 0.15) is 0 Å². The summed E-state index contributed by atoms with van der Waals surface area (Å²) in [4.78, 5) is 11.9. The zero-order valence-electron chi connectivity index (χ0n) is 12.0. The summed E-state index contributed by atoms with van der Waals surface area (Å²) in [6.45, 7) is 4.92. The number of rotatable bonds is 7. The minimum absolute atomic E-state index is 0.0625. The van der Waals surface area contributed by atoms with Gasteiger partial charge in [-0.15, -0.1) is 0 Å². The largest absolute Gasteiger partial charge is 0.355 e. The Morgan fingerprint density at radius 2 is 2.22 bits per heavy atom. The molecule has 0 aliphatic heterocycles. The van der Waals surface area contributed by atoms with E-state index in [1.54, 1.807) is 0 Å². The molecule has 0 aromatic carbocycles. The molecule has 0 aromatic rings. The molecule has 3 unspecified atom stereocenters. The summed E-state index contributed by atoms with van der Waals surface area (Å²) < 4.78 is 0. The average Bonchev–Trinajstić information content (AvgIpc) is 2.39. The van der Waals surface area contributed by atoms with Gasteiger partial charge in [-0.1, -0.05) is 19.8 Å². The zero-order chi connectivity index (χ0) is 13.4. The smallest absolute Gasteiger partial charge is 0.236 e. The molecule has 3 nitrogen and oxygen atoms in total. The van der Waals surface area contributed by atoms with Gasteiger partial charge >= 0.3 is 0 Å². The maximum Gasteiger partial charge on any atom is 0.236 e. The number of hydrogen-bond donors (Lipinski definition) is 2. The summed E-state index contributed by atoms with van der Waals surface area (Å²) in [5.41, 5.74) is 0. The quantitative estimate of drug-likeness (QED) is 0.700. The van der Waals surface area contributed by atoms with E-state index >= 15 is 0 Å². The maximum atomic E-state index is 11.9. The van der Waals surface area contributed by atoms with Gasteiger partial charge in [-0.2, -0.15) is 11.8 Å². The first-order valence-corrected chi connectivity index (χ1v) is 8.52. The Balaban J connectivity index is 2.25. The molecule has 1 aliphatic rings. The Hall–Kier alpha value is -0.220. The molecule has 2 N–H and O–H groups in total. The van der Waals surface area contributed by atoms with E-state index in [4.69, 9.17) is 0 Å². The number of hydrogen-bond acceptors (Lipinski definition) is 3. The summed E-state index contributed by atoms with van der Waals surface area (Å²) in [6, 6.07) is 0.454. The van der Waals surface area contributed by atoms with Gasteiger partial charge in [0, 0.05) is 17.8 Å². The molecular weight excluding hydrogens is 244 g/mol. The van der Waals surface area contributed by atoms with Crippen LogP contribution in [0.4, 0.5) is 0 Å². The highest BCUT2D eigenvalue weighted by atomic mass is 32.2. The van der Waals surface area contributed by atoms with E-state index in [0.717, 1.165) is 24.6 Å². The van der Waals surface area contributed by atoms with Crippen molar-refractivity contribution in [2.24, 2.45) is 0 Å². The maximum absolute atomic E-state index is 11.9. The van der Waals surface area contributed by atoms with Crippen LogP contribution in [0.25, 0.3) is 0 Å². The lowest BCUT2D eigenvalue weighted by Crippen LogP contribution is -2.48. The monoisotopic (exact) mass is 272 g/mol. The van der Waals surface area contributed by atoms with E-state index < -0.39 is 0 Å². The van der Waals surface area contributed by atoms with Crippen molar-refractivity contribution >= 4 is 17.7 Å². The van der Waals surface area contributed by atoms with Crippen LogP contribution in [0, 0.1) is 0 Å². The number of amides is 1. The van der Waals surface area contributed by atoms with E-state index in [-0.39, 0.29) is 11.9 Å². The normalized spacial score (nSPS) is 25.7. The third-order valence-corrected chi connectivity index (χ3v) is 4.76. The summed E-state index contributed by atoms with van der Waals surface area (Å²) in [5.74, 6) is 0.148. The molecule has 1 amide bonds. The Morgan fingerprint density at radius 3 is 2.89 bits per heavy atom. The summed E-state index contributed by atoms with van der Waals surface area (Å²) in [5, 5.41) is 7.25. The lowest BCUT2D eigenvalue weighted by Gasteiger charge is -2.30. The van der Waals surface area contributed by atoms with E-state index in [1.165, 1.54) is 25.7 Å². The van der Waals surface area contributed by atoms with E-state index in [0.29, 0.717) is 6.04 Å². The van der Waals surface area contributed by atoms with E-state index in [9.17, 15) is 4.79 Å². The van der Waals surface area contributed by atoms with Gasteiger partial charge in [-0.05, 0) is 38.9 Å². The molecule has 3 atom stereocenters. The Morgan fingerprint density at radius 1 is 1.44 bits per heavy atom. The molecule has 0 spiro atoms. The predicted octanol–water partition coefficient (Wildman–Crippen LogP) is 2.55. The number of nitrogens with one attached hydrogen (secondary N) is 2. The van der Waals surface area contributed by atoms with E-state index in [1.807, 2.05) is 18.7 Å². The van der Waals surface area contributed by atoms with Crippen molar-refractivity contribution in [1.82, 2.24) is 10.6 Å². The van der Waals surface area contributed by atoms with Crippen molar-refractivity contribution in [3.8, 4) is 0 Å². The average molecular weight is 272 g/mol. The van der Waals surface area contributed by atoms with Crippen molar-refractivity contribution in [2.75, 3.05) is 12.8 Å². The first-order chi connectivity index (χ1) is 8.67. The second-order valence-electron chi connectivity index (χ2n) is 5.25. The number of carbonyl (C=O) groups is 1. The lowest BCUT2D eigenvalue weighted by molar-refractivity contribution is -0.123. The van der Waals surface area contributed by atoms with Crippen LogP contribution in [-0.4, -0.2) is 36.0 Å². The SMILES string of the molecule is CCCCNC(=O)C(C)NC1CCCC(SC)C1. The van der Waals surface area contributed by atoms with E-state index in [2.05, 4.69) is 23.8 Å². The van der Waals surface area contributed by atoms with Gasteiger partial charge in [0.15, 0.2) is 0 Å². The molecule has 0 saturated heterocycles. The molecule has 1 rings (SSSR count). The van der Waals surface area contributed by atoms with Crippen LogP contribution in [0.1, 0.15) is 52.4 Å². The van der Waals surface area contributed by atoms with Crippen LogP contribution >= 0.6 is 11.8 Å². The number of carbonyl (C=O) groups excluding carboxylic acids is 1. The standard InChI is InChI=1S/C14H28N2OS/c1-4-5-9-15-14(17)11(2)16-12-7-6-8-13(10-12)18-3/h11-13,16H,4-10H2,1-3H3,(H,15,17). The van der Waals surface area contributed by atoms with Gasteiger partial charge in [0.25, 0.3) is 0 Å². The topological polar surface area (TPSA) is 41.1 Å². The molecule has 0 heterocycles. The highest BCUT2D eigenvalue weighted by Gasteiger charge is 2.24. The predicted molar refractivity (Wildman–Crippen MR) is 80.1 cm³/mol. The molecule has 1 aliphatic carbocycles. The molecule has 1 fully saturated rings. The van der Waals surface area contributed by atoms with Gasteiger partial charge in [0.2, 0.25) is 5.91 Å². The fourth-order valence-electron chi connectivity index (χ4n) is 2.48. The van der Waals surface area contributed by atoms with Gasteiger partial charge in [0.05, 0.1) is 6.04 Å². The third-order valence-electron chi connectivity index (χ3n) is 3.67. The molecule has 0 bridgehead atoms. The Labute approximate surface area is 116 Å². The molecule has 1 saturated carbocycles. The number of thioether (sulfide) groups is 1. The first-order valence-electron chi connectivity index (χ1n) is 7.24. The fraction of sp³-hybridized carbons (Fsp3) is 0.929. The van der Waals surface area contributed by atoms with Crippen LogP contribution in [0.15, 0.2) is 0 Å². The molecule has 106 valence electrons. The summed E-state index contributed by atoms with van der Waals surface area (Å²) >= 11 is 1.96. The van der Waals surface area contributed by atoms with Crippen molar-refractivity contribution in [1.29, 1.82) is 0 Å². The minimum atomic E-state index is -0.0625. The number of unbranched alkanes of at least 4 members (excludes halogenated alkanes) is 1. The molecule has 4 heteroatoms. The van der Waals surface area contributed by atoms with Crippen LogP contribution in [0.3, 0.4) is 0 Å². The second-order valence-corrected chi connectivity index (χ2v) is 6.39. The van der Waals surface area contributed by atoms with Crippen LogP contribution in [0.5, 0.6) is 0 Å². The summed E-state index contributed by atoms with van der Waals surface area (Å²) in [6.07, 6.45) is 9.41. The van der Waals surface area contributed by atoms with Crippen molar-refractivity contribution in [3.63, 3.8) is 0 Å².